The zero-order chi connectivity index (χ0) is 16.8. The van der Waals surface area contributed by atoms with Crippen LogP contribution in [0.1, 0.15) is 5.76 Å². The largest absolute Gasteiger partial charge is 0.483 e. The highest BCUT2D eigenvalue weighted by molar-refractivity contribution is 9.10. The molecule has 0 spiro atoms. The molecule has 5 heteroatoms. The van der Waals surface area contributed by atoms with Crippen molar-refractivity contribution in [3.63, 3.8) is 0 Å². The minimum Gasteiger partial charge on any atom is -0.483 e. The summed E-state index contributed by atoms with van der Waals surface area (Å²) in [5, 5.41) is 2.74. The number of carbonyl (C=O) groups is 1. The fraction of sp³-hybridized carbons (Fsp3) is 0.105. The van der Waals surface area contributed by atoms with E-state index >= 15 is 0 Å². The predicted octanol–water partition coefficient (Wildman–Crippen LogP) is 4.40. The van der Waals surface area contributed by atoms with Gasteiger partial charge in [-0.15, -0.1) is 0 Å². The molecule has 1 aromatic heterocycles. The van der Waals surface area contributed by atoms with Crippen molar-refractivity contribution in [2.45, 2.75) is 6.54 Å². The highest BCUT2D eigenvalue weighted by Gasteiger charge is 2.08. The second-order valence-electron chi connectivity index (χ2n) is 5.16. The van der Waals surface area contributed by atoms with Gasteiger partial charge in [-0.3, -0.25) is 4.79 Å². The minimum atomic E-state index is -0.203. The van der Waals surface area contributed by atoms with Gasteiger partial charge in [0.15, 0.2) is 6.61 Å². The molecule has 0 aliphatic rings. The Kier molecular flexibility index (Phi) is 5.33. The maximum atomic E-state index is 11.8. The molecule has 1 amide bonds. The second kappa shape index (κ2) is 7.84. The van der Waals surface area contributed by atoms with Crippen LogP contribution in [0.5, 0.6) is 5.75 Å². The summed E-state index contributed by atoms with van der Waals surface area (Å²) in [4.78, 5) is 11.8. The fourth-order valence-corrected chi connectivity index (χ4v) is 2.71. The summed E-state index contributed by atoms with van der Waals surface area (Å²) in [6.07, 6.45) is 1.57. The van der Waals surface area contributed by atoms with Gasteiger partial charge in [0.05, 0.1) is 17.3 Å². The molecule has 0 aliphatic heterocycles. The van der Waals surface area contributed by atoms with E-state index < -0.39 is 0 Å². The quantitative estimate of drug-likeness (QED) is 0.683. The molecule has 122 valence electrons. The van der Waals surface area contributed by atoms with E-state index in [1.54, 1.807) is 18.4 Å². The zero-order valence-corrected chi connectivity index (χ0v) is 14.5. The molecule has 0 saturated carbocycles. The highest BCUT2D eigenvalue weighted by Crippen LogP contribution is 2.30. The number of nitrogens with one attached hydrogen (secondary N) is 1. The Bertz CT molecular complexity index is 801. The molecule has 1 heterocycles. The normalized spacial score (nSPS) is 10.4. The number of hydrogen-bond acceptors (Lipinski definition) is 3. The average molecular weight is 386 g/mol. The molecular formula is C19H16BrNO3. The number of benzene rings is 2. The smallest absolute Gasteiger partial charge is 0.258 e. The van der Waals surface area contributed by atoms with Crippen LogP contribution in [-0.2, 0) is 11.3 Å². The van der Waals surface area contributed by atoms with E-state index in [2.05, 4.69) is 21.2 Å². The third kappa shape index (κ3) is 4.26. The predicted molar refractivity (Wildman–Crippen MR) is 95.6 cm³/mol. The lowest BCUT2D eigenvalue weighted by Crippen LogP contribution is -2.28. The molecule has 0 aliphatic carbocycles. The van der Waals surface area contributed by atoms with Crippen molar-refractivity contribution in [1.29, 1.82) is 0 Å². The van der Waals surface area contributed by atoms with Gasteiger partial charge in [0.25, 0.3) is 5.91 Å². The second-order valence-corrected chi connectivity index (χ2v) is 6.01. The lowest BCUT2D eigenvalue weighted by molar-refractivity contribution is -0.123. The van der Waals surface area contributed by atoms with Gasteiger partial charge in [0, 0.05) is 0 Å². The van der Waals surface area contributed by atoms with Crippen molar-refractivity contribution in [3.8, 4) is 16.9 Å². The molecule has 0 fully saturated rings. The van der Waals surface area contributed by atoms with Crippen molar-refractivity contribution in [2.75, 3.05) is 6.61 Å². The molecule has 0 saturated heterocycles. The zero-order valence-electron chi connectivity index (χ0n) is 12.9. The molecule has 4 nitrogen and oxygen atoms in total. The number of furan rings is 1. The van der Waals surface area contributed by atoms with Crippen molar-refractivity contribution >= 4 is 21.8 Å². The molecule has 3 rings (SSSR count). The van der Waals surface area contributed by atoms with Crippen LogP contribution < -0.4 is 10.1 Å². The van der Waals surface area contributed by atoms with Crippen molar-refractivity contribution in [3.05, 3.63) is 77.2 Å². The minimum absolute atomic E-state index is 0.0516. The van der Waals surface area contributed by atoms with Crippen LogP contribution in [0.15, 0.2) is 75.8 Å². The Morgan fingerprint density at radius 1 is 1.04 bits per heavy atom. The van der Waals surface area contributed by atoms with Crippen molar-refractivity contribution in [2.24, 2.45) is 0 Å². The van der Waals surface area contributed by atoms with E-state index in [0.717, 1.165) is 15.6 Å². The standard InChI is InChI=1S/C19H16BrNO3/c20-17-11-15(14-5-2-1-3-6-14)8-9-18(17)24-13-19(22)21-12-16-7-4-10-23-16/h1-11H,12-13H2,(H,21,22). The lowest BCUT2D eigenvalue weighted by Gasteiger charge is -2.10. The van der Waals surface area contributed by atoms with Crippen LogP contribution in [0.25, 0.3) is 11.1 Å². The van der Waals surface area contributed by atoms with Gasteiger partial charge in [-0.25, -0.2) is 0 Å². The van der Waals surface area contributed by atoms with E-state index in [-0.39, 0.29) is 12.5 Å². The maximum absolute atomic E-state index is 11.8. The van der Waals surface area contributed by atoms with Gasteiger partial charge >= 0.3 is 0 Å². The molecule has 24 heavy (non-hydrogen) atoms. The Morgan fingerprint density at radius 3 is 2.58 bits per heavy atom. The first-order valence-electron chi connectivity index (χ1n) is 7.49. The molecule has 2 aromatic carbocycles. The Balaban J connectivity index is 1.56. The number of amides is 1. The lowest BCUT2D eigenvalue weighted by atomic mass is 10.1. The molecule has 1 N–H and O–H groups in total. The van der Waals surface area contributed by atoms with Crippen LogP contribution in [0.4, 0.5) is 0 Å². The maximum Gasteiger partial charge on any atom is 0.258 e. The molecular weight excluding hydrogens is 370 g/mol. The van der Waals surface area contributed by atoms with Crippen molar-refractivity contribution in [1.82, 2.24) is 5.32 Å². The molecule has 0 bridgehead atoms. The first-order valence-corrected chi connectivity index (χ1v) is 8.28. The topological polar surface area (TPSA) is 51.5 Å². The van der Waals surface area contributed by atoms with Gasteiger partial charge in [0.2, 0.25) is 0 Å². The average Bonchev–Trinajstić information content (AvgIpc) is 3.13. The summed E-state index contributed by atoms with van der Waals surface area (Å²) in [6, 6.07) is 19.5. The fourth-order valence-electron chi connectivity index (χ4n) is 2.22. The van der Waals surface area contributed by atoms with E-state index in [9.17, 15) is 4.79 Å². The van der Waals surface area contributed by atoms with Crippen LogP contribution in [-0.4, -0.2) is 12.5 Å². The Labute approximate surface area is 148 Å². The number of hydrogen-bond donors (Lipinski definition) is 1. The Hall–Kier alpha value is -2.53. The SMILES string of the molecule is O=C(COc1ccc(-c2ccccc2)cc1Br)NCc1ccco1. The first kappa shape index (κ1) is 16.3. The number of ether oxygens (including phenoxy) is 1. The van der Waals surface area contributed by atoms with E-state index in [0.29, 0.717) is 18.1 Å². The monoisotopic (exact) mass is 385 g/mol. The third-order valence-corrected chi connectivity index (χ3v) is 4.06. The van der Waals surface area contributed by atoms with Gasteiger partial charge in [-0.2, -0.15) is 0 Å². The summed E-state index contributed by atoms with van der Waals surface area (Å²) in [5.41, 5.74) is 2.21. The van der Waals surface area contributed by atoms with Gasteiger partial charge < -0.3 is 14.5 Å². The van der Waals surface area contributed by atoms with Gasteiger partial charge in [-0.05, 0) is 51.3 Å². The number of carbonyl (C=O) groups excluding carboxylic acids is 1. The van der Waals surface area contributed by atoms with Crippen molar-refractivity contribution < 1.29 is 13.9 Å². The summed E-state index contributed by atoms with van der Waals surface area (Å²) in [7, 11) is 0. The van der Waals surface area contributed by atoms with E-state index in [4.69, 9.17) is 9.15 Å². The van der Waals surface area contributed by atoms with E-state index in [1.165, 1.54) is 0 Å². The van der Waals surface area contributed by atoms with Gasteiger partial charge in [0.1, 0.15) is 11.5 Å². The summed E-state index contributed by atoms with van der Waals surface area (Å²) in [5.74, 6) is 1.13. The summed E-state index contributed by atoms with van der Waals surface area (Å²) in [6.45, 7) is 0.299. The van der Waals surface area contributed by atoms with Crippen LogP contribution in [0.3, 0.4) is 0 Å². The van der Waals surface area contributed by atoms with E-state index in [1.807, 2.05) is 48.5 Å². The molecule has 0 atom stereocenters. The number of rotatable bonds is 6. The highest BCUT2D eigenvalue weighted by atomic mass is 79.9. The van der Waals surface area contributed by atoms with Crippen LogP contribution >= 0.6 is 15.9 Å². The van der Waals surface area contributed by atoms with Gasteiger partial charge in [-0.1, -0.05) is 36.4 Å². The van der Waals surface area contributed by atoms with Crippen LogP contribution in [0, 0.1) is 0 Å². The summed E-state index contributed by atoms with van der Waals surface area (Å²) >= 11 is 3.49. The first-order chi connectivity index (χ1) is 11.7. The summed E-state index contributed by atoms with van der Waals surface area (Å²) < 4.78 is 11.5. The number of halogens is 1. The third-order valence-electron chi connectivity index (χ3n) is 3.44. The Morgan fingerprint density at radius 2 is 1.88 bits per heavy atom. The molecule has 0 radical (unpaired) electrons. The molecule has 3 aromatic rings. The van der Waals surface area contributed by atoms with Crippen LogP contribution in [0.2, 0.25) is 0 Å². The molecule has 0 unspecified atom stereocenters.